The fraction of sp³-hybridized carbons (Fsp3) is 0.895. The van der Waals surface area contributed by atoms with Crippen LogP contribution in [0.25, 0.3) is 0 Å². The van der Waals surface area contributed by atoms with Gasteiger partial charge < -0.3 is 13.3 Å². The Labute approximate surface area is 145 Å². The van der Waals surface area contributed by atoms with Crippen molar-refractivity contribution >= 4 is 8.80 Å². The summed E-state index contributed by atoms with van der Waals surface area (Å²) in [6.07, 6.45) is 12.7. The van der Waals surface area contributed by atoms with Gasteiger partial charge in [-0.3, -0.25) is 0 Å². The zero-order chi connectivity index (χ0) is 17.3. The van der Waals surface area contributed by atoms with Crippen LogP contribution in [0.1, 0.15) is 92.9 Å². The topological polar surface area (TPSA) is 27.7 Å². The van der Waals surface area contributed by atoms with E-state index in [0.29, 0.717) is 0 Å². The molecule has 3 nitrogen and oxygen atoms in total. The van der Waals surface area contributed by atoms with E-state index in [2.05, 4.69) is 47.6 Å². The SMILES string of the molecule is CC(C)O[Si](OC(C)C)(OC(C)C)/C1=C/CCCCCCCC1. The highest BCUT2D eigenvalue weighted by Crippen LogP contribution is 2.30. The maximum absolute atomic E-state index is 6.39. The summed E-state index contributed by atoms with van der Waals surface area (Å²) in [6.45, 7) is 12.5. The summed E-state index contributed by atoms with van der Waals surface area (Å²) in [5.41, 5.74) is 0. The van der Waals surface area contributed by atoms with Crippen molar-refractivity contribution in [3.8, 4) is 0 Å². The molecule has 0 bridgehead atoms. The molecule has 4 heteroatoms. The predicted molar refractivity (Wildman–Crippen MR) is 99.4 cm³/mol. The first kappa shape index (κ1) is 20.9. The Morgan fingerprint density at radius 1 is 0.696 bits per heavy atom. The molecule has 0 aromatic carbocycles. The minimum atomic E-state index is -2.82. The highest BCUT2D eigenvalue weighted by molar-refractivity contribution is 6.69. The van der Waals surface area contributed by atoms with Crippen molar-refractivity contribution < 1.29 is 13.3 Å². The number of allylic oxidation sites excluding steroid dienone is 2. The number of hydrogen-bond donors (Lipinski definition) is 0. The van der Waals surface area contributed by atoms with Crippen LogP contribution < -0.4 is 0 Å². The molecule has 0 amide bonds. The van der Waals surface area contributed by atoms with Crippen LogP contribution in [0.15, 0.2) is 11.3 Å². The molecule has 0 aromatic rings. The third-order valence-electron chi connectivity index (χ3n) is 3.86. The molecular weight excluding hydrogens is 304 g/mol. The molecule has 1 rings (SSSR count). The highest BCUT2D eigenvalue weighted by Gasteiger charge is 2.47. The van der Waals surface area contributed by atoms with Crippen molar-refractivity contribution in [1.82, 2.24) is 0 Å². The molecule has 0 unspecified atom stereocenters. The van der Waals surface area contributed by atoms with E-state index in [-0.39, 0.29) is 18.3 Å². The van der Waals surface area contributed by atoms with Gasteiger partial charge in [-0.2, -0.15) is 0 Å². The first-order chi connectivity index (χ1) is 10.9. The molecule has 0 aromatic heterocycles. The van der Waals surface area contributed by atoms with Gasteiger partial charge in [-0.1, -0.05) is 31.8 Å². The van der Waals surface area contributed by atoms with Crippen molar-refractivity contribution in [3.05, 3.63) is 11.3 Å². The summed E-state index contributed by atoms with van der Waals surface area (Å²) >= 11 is 0. The fourth-order valence-electron chi connectivity index (χ4n) is 3.06. The molecule has 0 spiro atoms. The normalized spacial score (nSPS) is 20.8. The molecule has 0 saturated carbocycles. The van der Waals surface area contributed by atoms with E-state index in [9.17, 15) is 0 Å². The van der Waals surface area contributed by atoms with Gasteiger partial charge in [0, 0.05) is 18.3 Å². The van der Waals surface area contributed by atoms with Crippen molar-refractivity contribution in [2.24, 2.45) is 0 Å². The second-order valence-corrected chi connectivity index (χ2v) is 9.91. The summed E-state index contributed by atoms with van der Waals surface area (Å²) in [5.74, 6) is 0. The largest absolute Gasteiger partial charge is 0.533 e. The molecule has 0 atom stereocenters. The van der Waals surface area contributed by atoms with Gasteiger partial charge in [0.25, 0.3) is 0 Å². The van der Waals surface area contributed by atoms with E-state index >= 15 is 0 Å². The summed E-state index contributed by atoms with van der Waals surface area (Å²) in [6, 6.07) is 0. The van der Waals surface area contributed by atoms with Gasteiger partial charge in [-0.25, -0.2) is 0 Å². The van der Waals surface area contributed by atoms with Crippen molar-refractivity contribution in [2.75, 3.05) is 0 Å². The van der Waals surface area contributed by atoms with Gasteiger partial charge in [0.15, 0.2) is 0 Å². The van der Waals surface area contributed by atoms with Crippen LogP contribution in [-0.4, -0.2) is 27.1 Å². The molecule has 23 heavy (non-hydrogen) atoms. The van der Waals surface area contributed by atoms with E-state index in [0.717, 1.165) is 12.8 Å². The third kappa shape index (κ3) is 7.97. The third-order valence-corrected chi connectivity index (χ3v) is 7.44. The highest BCUT2D eigenvalue weighted by atomic mass is 28.4. The number of rotatable bonds is 7. The minimum absolute atomic E-state index is 0.107. The Balaban J connectivity index is 3.10. The lowest BCUT2D eigenvalue weighted by molar-refractivity contribution is 0.0101. The van der Waals surface area contributed by atoms with E-state index in [1.54, 1.807) is 0 Å². The predicted octanol–water partition coefficient (Wildman–Crippen LogP) is 5.80. The average molecular weight is 343 g/mol. The van der Waals surface area contributed by atoms with Crippen LogP contribution in [0.4, 0.5) is 0 Å². The zero-order valence-corrected chi connectivity index (χ0v) is 17.2. The summed E-state index contributed by atoms with van der Waals surface area (Å²) in [4.78, 5) is 0. The Bertz CT molecular complexity index is 324. The summed E-state index contributed by atoms with van der Waals surface area (Å²) in [7, 11) is -2.82. The first-order valence-corrected chi connectivity index (χ1v) is 11.3. The molecule has 0 saturated heterocycles. The van der Waals surface area contributed by atoms with Gasteiger partial charge in [0.05, 0.1) is 0 Å². The van der Waals surface area contributed by atoms with Gasteiger partial charge in [0.2, 0.25) is 0 Å². The second kappa shape index (κ2) is 10.6. The van der Waals surface area contributed by atoms with E-state index in [4.69, 9.17) is 13.3 Å². The Kier molecular flexibility index (Phi) is 9.67. The lowest BCUT2D eigenvalue weighted by atomic mass is 10.1. The quantitative estimate of drug-likeness (QED) is 0.547. The average Bonchev–Trinajstić information content (AvgIpc) is 2.42. The molecule has 1 aliphatic rings. The molecule has 0 aliphatic heterocycles. The van der Waals surface area contributed by atoms with E-state index in [1.807, 2.05) is 0 Å². The smallest absolute Gasteiger partial charge is 0.368 e. The van der Waals surface area contributed by atoms with Crippen LogP contribution in [0, 0.1) is 0 Å². The molecule has 0 fully saturated rings. The molecule has 0 heterocycles. The van der Waals surface area contributed by atoms with Crippen LogP contribution >= 0.6 is 0 Å². The molecule has 1 aliphatic carbocycles. The monoisotopic (exact) mass is 342 g/mol. The van der Waals surface area contributed by atoms with Gasteiger partial charge in [0.1, 0.15) is 0 Å². The molecule has 0 radical (unpaired) electrons. The van der Waals surface area contributed by atoms with Crippen molar-refractivity contribution in [3.63, 3.8) is 0 Å². The second-order valence-electron chi connectivity index (χ2n) is 7.45. The first-order valence-electron chi connectivity index (χ1n) is 9.58. The molecule has 0 N–H and O–H groups in total. The lowest BCUT2D eigenvalue weighted by Gasteiger charge is -2.36. The summed E-state index contributed by atoms with van der Waals surface area (Å²) < 4.78 is 19.2. The Morgan fingerprint density at radius 2 is 1.13 bits per heavy atom. The molecular formula is C19H38O3Si. The van der Waals surface area contributed by atoms with Crippen LogP contribution in [0.2, 0.25) is 0 Å². The Hall–Kier alpha value is -0.163. The van der Waals surface area contributed by atoms with Crippen molar-refractivity contribution in [2.45, 2.75) is 111 Å². The fourth-order valence-corrected chi connectivity index (χ4v) is 6.42. The van der Waals surface area contributed by atoms with Crippen LogP contribution in [0.3, 0.4) is 0 Å². The minimum Gasteiger partial charge on any atom is -0.368 e. The maximum Gasteiger partial charge on any atom is 0.533 e. The number of hydrogen-bond acceptors (Lipinski definition) is 3. The van der Waals surface area contributed by atoms with Gasteiger partial charge in [-0.05, 0) is 72.4 Å². The Morgan fingerprint density at radius 3 is 1.61 bits per heavy atom. The van der Waals surface area contributed by atoms with Crippen LogP contribution in [-0.2, 0) is 13.3 Å². The van der Waals surface area contributed by atoms with E-state index in [1.165, 1.54) is 43.7 Å². The summed E-state index contributed by atoms with van der Waals surface area (Å²) in [5, 5.41) is 1.32. The zero-order valence-electron chi connectivity index (χ0n) is 16.2. The molecule has 136 valence electrons. The van der Waals surface area contributed by atoms with Crippen molar-refractivity contribution in [1.29, 1.82) is 0 Å². The maximum atomic E-state index is 6.39. The lowest BCUT2D eigenvalue weighted by Crippen LogP contribution is -2.52. The van der Waals surface area contributed by atoms with E-state index < -0.39 is 8.80 Å². The van der Waals surface area contributed by atoms with Crippen LogP contribution in [0.5, 0.6) is 0 Å². The van der Waals surface area contributed by atoms with Gasteiger partial charge in [-0.15, -0.1) is 0 Å². The standard InChI is InChI=1S/C19H38O3Si/c1-16(2)20-23(21-17(3)4,22-18(5)6)19-14-12-10-8-7-9-11-13-15-19/h14,16-18H,7-13,15H2,1-6H3/b19-14+. The van der Waals surface area contributed by atoms with Gasteiger partial charge >= 0.3 is 8.80 Å².